The van der Waals surface area contributed by atoms with Gasteiger partial charge in [0.1, 0.15) is 23.0 Å². The van der Waals surface area contributed by atoms with Crippen molar-refractivity contribution in [2.24, 2.45) is 0 Å². The monoisotopic (exact) mass is 700 g/mol. The molecule has 0 aliphatic carbocycles. The molecule has 0 amide bonds. The van der Waals surface area contributed by atoms with Gasteiger partial charge in [-0.15, -0.1) is 0 Å². The van der Waals surface area contributed by atoms with Gasteiger partial charge in [0.15, 0.2) is 0 Å². The zero-order valence-corrected chi connectivity index (χ0v) is 29.8. The second kappa shape index (κ2) is 16.6. The summed E-state index contributed by atoms with van der Waals surface area (Å²) >= 11 is 0. The molecular formula is C39H40O12. The van der Waals surface area contributed by atoms with Gasteiger partial charge < -0.3 is 38.3 Å². The maximum Gasteiger partial charge on any atom is 0.337 e. The van der Waals surface area contributed by atoms with Gasteiger partial charge in [-0.25, -0.2) is 19.2 Å². The third-order valence-corrected chi connectivity index (χ3v) is 8.36. The highest BCUT2D eigenvalue weighted by atomic mass is 16.5. The van der Waals surface area contributed by atoms with Gasteiger partial charge >= 0.3 is 23.9 Å². The van der Waals surface area contributed by atoms with E-state index in [2.05, 4.69) is 0 Å². The van der Waals surface area contributed by atoms with Crippen molar-refractivity contribution in [3.63, 3.8) is 0 Å². The molecule has 0 atom stereocenters. The van der Waals surface area contributed by atoms with Crippen LogP contribution in [-0.4, -0.2) is 78.8 Å². The standard InChI is InChI=1S/C39H40O12/c1-21-11-29(37(42)49-6)16-24(33(21)45-2)14-26-18-31(39(44)51-8)20-28(35(26)47-4)15-27-19-30(38(43)50-7)17-25(34(27)46-3)13-23-12-22(36(41)48-5)9-10-32(23)40/h9-12,16-20,40H,13-15H2,1-8H3. The fourth-order valence-electron chi connectivity index (χ4n) is 6.12. The Morgan fingerprint density at radius 1 is 0.451 bits per heavy atom. The lowest BCUT2D eigenvalue weighted by molar-refractivity contribution is 0.0591. The molecule has 12 heteroatoms. The number of ether oxygens (including phenoxy) is 7. The smallest absolute Gasteiger partial charge is 0.337 e. The number of phenols is 1. The van der Waals surface area contributed by atoms with Crippen LogP contribution in [0.4, 0.5) is 0 Å². The molecule has 0 spiro atoms. The minimum Gasteiger partial charge on any atom is -0.508 e. The van der Waals surface area contributed by atoms with Gasteiger partial charge in [-0.1, -0.05) is 0 Å². The molecule has 0 radical (unpaired) electrons. The summed E-state index contributed by atoms with van der Waals surface area (Å²) in [6.45, 7) is 1.81. The van der Waals surface area contributed by atoms with Crippen LogP contribution in [0.25, 0.3) is 0 Å². The summed E-state index contributed by atoms with van der Waals surface area (Å²) in [4.78, 5) is 50.6. The minimum absolute atomic E-state index is 0.0674. The van der Waals surface area contributed by atoms with E-state index in [0.717, 1.165) is 0 Å². The van der Waals surface area contributed by atoms with E-state index in [9.17, 15) is 24.3 Å². The fourth-order valence-corrected chi connectivity index (χ4v) is 6.12. The number of hydrogen-bond donors (Lipinski definition) is 1. The van der Waals surface area contributed by atoms with Gasteiger partial charge in [-0.3, -0.25) is 0 Å². The zero-order chi connectivity index (χ0) is 37.4. The Hall–Kier alpha value is -6.04. The molecule has 0 saturated heterocycles. The minimum atomic E-state index is -0.614. The molecule has 0 aromatic heterocycles. The molecule has 0 unspecified atom stereocenters. The average molecular weight is 701 g/mol. The highest BCUT2D eigenvalue weighted by molar-refractivity contribution is 5.92. The SMILES string of the molecule is COC(=O)c1ccc(O)c(Cc2cc(C(=O)OC)cc(Cc3cc(C(=O)OC)cc(Cc4cc(C(=O)OC)cc(C)c4OC)c3OC)c2OC)c1. The van der Waals surface area contributed by atoms with Crippen molar-refractivity contribution in [2.75, 3.05) is 49.8 Å². The first kappa shape index (κ1) is 37.8. The second-order valence-electron chi connectivity index (χ2n) is 11.5. The molecule has 4 aromatic carbocycles. The average Bonchev–Trinajstić information content (AvgIpc) is 3.13. The van der Waals surface area contributed by atoms with Gasteiger partial charge in [-0.05, 0) is 100 Å². The summed E-state index contributed by atoms with van der Waals surface area (Å²) in [6.07, 6.45) is 0.364. The highest BCUT2D eigenvalue weighted by Crippen LogP contribution is 2.38. The number of aryl methyl sites for hydroxylation is 1. The van der Waals surface area contributed by atoms with Crippen LogP contribution < -0.4 is 14.2 Å². The maximum absolute atomic E-state index is 13.0. The van der Waals surface area contributed by atoms with Crippen molar-refractivity contribution in [1.29, 1.82) is 0 Å². The molecule has 268 valence electrons. The Bertz CT molecular complexity index is 1980. The van der Waals surface area contributed by atoms with Crippen molar-refractivity contribution in [2.45, 2.75) is 26.2 Å². The third kappa shape index (κ3) is 8.23. The van der Waals surface area contributed by atoms with Crippen LogP contribution in [0.15, 0.2) is 54.6 Å². The summed E-state index contributed by atoms with van der Waals surface area (Å²) in [5.74, 6) is -1.01. The third-order valence-electron chi connectivity index (χ3n) is 8.36. The second-order valence-corrected chi connectivity index (χ2v) is 11.5. The van der Waals surface area contributed by atoms with E-state index in [4.69, 9.17) is 33.2 Å². The first-order valence-electron chi connectivity index (χ1n) is 15.7. The van der Waals surface area contributed by atoms with E-state index in [1.165, 1.54) is 68.0 Å². The Kier molecular flexibility index (Phi) is 12.3. The van der Waals surface area contributed by atoms with Crippen LogP contribution in [0.2, 0.25) is 0 Å². The van der Waals surface area contributed by atoms with Crippen LogP contribution in [-0.2, 0) is 38.2 Å². The molecule has 12 nitrogen and oxygen atoms in total. The zero-order valence-electron chi connectivity index (χ0n) is 29.8. The maximum atomic E-state index is 13.0. The van der Waals surface area contributed by atoms with Gasteiger partial charge in [0, 0.05) is 19.3 Å². The largest absolute Gasteiger partial charge is 0.508 e. The van der Waals surface area contributed by atoms with Crippen molar-refractivity contribution in [1.82, 2.24) is 0 Å². The lowest BCUT2D eigenvalue weighted by Crippen LogP contribution is -2.10. The van der Waals surface area contributed by atoms with Gasteiger partial charge in [0.25, 0.3) is 0 Å². The predicted octanol–water partition coefficient (Wildman–Crippen LogP) is 5.65. The Morgan fingerprint density at radius 2 is 0.765 bits per heavy atom. The molecule has 4 rings (SSSR count). The summed E-state index contributed by atoms with van der Waals surface area (Å²) < 4.78 is 37.5. The molecule has 1 N–H and O–H groups in total. The Labute approximate surface area is 295 Å². The van der Waals surface area contributed by atoms with Gasteiger partial charge in [0.2, 0.25) is 0 Å². The topological polar surface area (TPSA) is 153 Å². The van der Waals surface area contributed by atoms with Crippen molar-refractivity contribution < 1.29 is 57.4 Å². The summed E-state index contributed by atoms with van der Waals surface area (Å²) in [5, 5.41) is 10.7. The molecule has 0 fully saturated rings. The normalized spacial score (nSPS) is 10.6. The number of carbonyl (C=O) groups is 4. The lowest BCUT2D eigenvalue weighted by atomic mass is 9.91. The van der Waals surface area contributed by atoms with E-state index < -0.39 is 23.9 Å². The van der Waals surface area contributed by atoms with Crippen LogP contribution >= 0.6 is 0 Å². The first-order chi connectivity index (χ1) is 24.4. The van der Waals surface area contributed by atoms with Crippen molar-refractivity contribution in [3.8, 4) is 23.0 Å². The molecular weight excluding hydrogens is 660 g/mol. The summed E-state index contributed by atoms with van der Waals surface area (Å²) in [7, 11) is 9.60. The molecule has 0 bridgehead atoms. The lowest BCUT2D eigenvalue weighted by Gasteiger charge is -2.20. The molecule has 0 heterocycles. The van der Waals surface area contributed by atoms with Crippen molar-refractivity contribution >= 4 is 23.9 Å². The quantitative estimate of drug-likeness (QED) is 0.136. The number of esters is 4. The number of carbonyl (C=O) groups excluding carboxylic acids is 4. The molecule has 0 aliphatic rings. The summed E-state index contributed by atoms with van der Waals surface area (Å²) in [5.41, 5.74) is 4.91. The number of phenolic OH excluding ortho intramolecular Hbond substituents is 1. The Balaban J connectivity index is 1.92. The molecule has 0 aliphatic heterocycles. The fraction of sp³-hybridized carbons (Fsp3) is 0.282. The van der Waals surface area contributed by atoms with E-state index in [1.54, 1.807) is 36.4 Å². The van der Waals surface area contributed by atoms with Gasteiger partial charge in [0.05, 0.1) is 72.0 Å². The number of aromatic hydroxyl groups is 1. The van der Waals surface area contributed by atoms with Crippen LogP contribution in [0.3, 0.4) is 0 Å². The van der Waals surface area contributed by atoms with E-state index in [-0.39, 0.29) is 41.7 Å². The van der Waals surface area contributed by atoms with Gasteiger partial charge in [-0.2, -0.15) is 0 Å². The number of benzene rings is 4. The van der Waals surface area contributed by atoms with Crippen LogP contribution in [0.1, 0.15) is 80.4 Å². The predicted molar refractivity (Wildman–Crippen MR) is 186 cm³/mol. The molecule has 4 aromatic rings. The Morgan fingerprint density at radius 3 is 1.14 bits per heavy atom. The molecule has 51 heavy (non-hydrogen) atoms. The van der Waals surface area contributed by atoms with E-state index in [0.29, 0.717) is 61.8 Å². The van der Waals surface area contributed by atoms with Crippen molar-refractivity contribution in [3.05, 3.63) is 116 Å². The van der Waals surface area contributed by atoms with E-state index in [1.807, 2.05) is 6.92 Å². The first-order valence-corrected chi connectivity index (χ1v) is 15.7. The number of hydrogen-bond acceptors (Lipinski definition) is 12. The molecule has 0 saturated carbocycles. The van der Waals surface area contributed by atoms with Crippen LogP contribution in [0.5, 0.6) is 23.0 Å². The number of methoxy groups -OCH3 is 7. The highest BCUT2D eigenvalue weighted by Gasteiger charge is 2.24. The number of rotatable bonds is 13. The van der Waals surface area contributed by atoms with Crippen LogP contribution in [0, 0.1) is 6.92 Å². The summed E-state index contributed by atoms with van der Waals surface area (Å²) in [6, 6.07) is 14.2. The van der Waals surface area contributed by atoms with E-state index >= 15 is 0 Å².